The fraction of sp³-hybridized carbons (Fsp3) is 0.150. The number of aryl methyl sites for hydroxylation is 2. The zero-order valence-corrected chi connectivity index (χ0v) is 15.6. The van der Waals surface area contributed by atoms with E-state index in [1.54, 1.807) is 25.5 Å². The van der Waals surface area contributed by atoms with Gasteiger partial charge in [-0.1, -0.05) is 24.3 Å². The molecule has 1 aromatic heterocycles. The van der Waals surface area contributed by atoms with Crippen molar-refractivity contribution in [1.82, 2.24) is 9.78 Å². The molecule has 3 aromatic rings. The van der Waals surface area contributed by atoms with E-state index in [1.807, 2.05) is 30.3 Å². The van der Waals surface area contributed by atoms with E-state index >= 15 is 0 Å². The number of nitrogens with one attached hydrogen (secondary N) is 1. The second-order valence-electron chi connectivity index (χ2n) is 6.33. The molecule has 0 spiro atoms. The number of Topliss-reactive ketones (excluding diaryl/α,β-unsaturated/α-hetero) is 1. The molecule has 1 heterocycles. The van der Waals surface area contributed by atoms with Gasteiger partial charge in [0.15, 0.2) is 0 Å². The molecule has 0 unspecified atom stereocenters. The third kappa shape index (κ3) is 3.52. The van der Waals surface area contributed by atoms with Crippen molar-refractivity contribution in [3.8, 4) is 5.69 Å². The Bertz CT molecular complexity index is 1090. The SMILES string of the molecule is Cc1ccc(NC(=O)C(=O)c2c(C)nn(-c3ccccc3)c2C)cc1[N+](=O)[O-]. The summed E-state index contributed by atoms with van der Waals surface area (Å²) < 4.78 is 1.60. The molecule has 0 fully saturated rings. The van der Waals surface area contributed by atoms with Crippen molar-refractivity contribution in [3.05, 3.63) is 81.2 Å². The Balaban J connectivity index is 1.89. The maximum Gasteiger partial charge on any atom is 0.296 e. The Hall–Kier alpha value is -3.81. The first-order valence-electron chi connectivity index (χ1n) is 8.52. The number of anilines is 1. The monoisotopic (exact) mass is 378 g/mol. The third-order valence-corrected chi connectivity index (χ3v) is 4.39. The highest BCUT2D eigenvalue weighted by Gasteiger charge is 2.25. The van der Waals surface area contributed by atoms with Crippen molar-refractivity contribution in [2.75, 3.05) is 5.32 Å². The lowest BCUT2D eigenvalue weighted by atomic mass is 10.1. The molecule has 0 aliphatic rings. The van der Waals surface area contributed by atoms with Gasteiger partial charge in [-0.15, -0.1) is 0 Å². The highest BCUT2D eigenvalue weighted by Crippen LogP contribution is 2.23. The summed E-state index contributed by atoms with van der Waals surface area (Å²) in [5, 5.41) is 17.9. The van der Waals surface area contributed by atoms with Crippen molar-refractivity contribution in [2.24, 2.45) is 0 Å². The average molecular weight is 378 g/mol. The molecule has 0 bridgehead atoms. The van der Waals surface area contributed by atoms with Crippen molar-refractivity contribution in [1.29, 1.82) is 0 Å². The number of para-hydroxylation sites is 1. The van der Waals surface area contributed by atoms with E-state index in [0.717, 1.165) is 5.69 Å². The molecule has 0 radical (unpaired) electrons. The van der Waals surface area contributed by atoms with Crippen LogP contribution < -0.4 is 5.32 Å². The topological polar surface area (TPSA) is 107 Å². The van der Waals surface area contributed by atoms with Crippen LogP contribution in [0, 0.1) is 30.9 Å². The molecule has 28 heavy (non-hydrogen) atoms. The van der Waals surface area contributed by atoms with Gasteiger partial charge in [0.2, 0.25) is 0 Å². The first-order chi connectivity index (χ1) is 13.3. The number of carbonyl (C=O) groups is 2. The molecular formula is C20H18N4O4. The van der Waals surface area contributed by atoms with Gasteiger partial charge in [-0.3, -0.25) is 19.7 Å². The fourth-order valence-corrected chi connectivity index (χ4v) is 2.98. The fourth-order valence-electron chi connectivity index (χ4n) is 2.98. The van der Waals surface area contributed by atoms with Crippen LogP contribution in [-0.4, -0.2) is 26.4 Å². The molecule has 0 saturated carbocycles. The number of ketones is 1. The van der Waals surface area contributed by atoms with Crippen molar-refractivity contribution in [3.63, 3.8) is 0 Å². The molecule has 1 amide bonds. The molecule has 142 valence electrons. The molecule has 2 aromatic carbocycles. The van der Waals surface area contributed by atoms with Crippen LogP contribution in [0.2, 0.25) is 0 Å². The number of nitrogens with zero attached hydrogens (tertiary/aromatic N) is 3. The smallest absolute Gasteiger partial charge is 0.296 e. The summed E-state index contributed by atoms with van der Waals surface area (Å²) in [6.45, 7) is 4.97. The maximum absolute atomic E-state index is 12.7. The number of nitro groups is 1. The summed E-state index contributed by atoms with van der Waals surface area (Å²) >= 11 is 0. The van der Waals surface area contributed by atoms with E-state index < -0.39 is 16.6 Å². The molecule has 0 aliphatic carbocycles. The Labute approximate surface area is 161 Å². The normalized spacial score (nSPS) is 10.5. The summed E-state index contributed by atoms with van der Waals surface area (Å²) in [4.78, 5) is 35.7. The predicted octanol–water partition coefficient (Wildman–Crippen LogP) is 3.53. The van der Waals surface area contributed by atoms with Crippen LogP contribution in [0.3, 0.4) is 0 Å². The lowest BCUT2D eigenvalue weighted by molar-refractivity contribution is -0.385. The molecule has 3 rings (SSSR count). The van der Waals surface area contributed by atoms with Crippen molar-refractivity contribution >= 4 is 23.1 Å². The van der Waals surface area contributed by atoms with Gasteiger partial charge in [-0.25, -0.2) is 4.68 Å². The first-order valence-corrected chi connectivity index (χ1v) is 8.52. The number of nitro benzene ring substituents is 1. The molecule has 8 nitrogen and oxygen atoms in total. The molecular weight excluding hydrogens is 360 g/mol. The predicted molar refractivity (Wildman–Crippen MR) is 104 cm³/mol. The van der Waals surface area contributed by atoms with Gasteiger partial charge >= 0.3 is 0 Å². The van der Waals surface area contributed by atoms with Gasteiger partial charge in [0.1, 0.15) is 0 Å². The number of rotatable bonds is 5. The number of hydrogen-bond acceptors (Lipinski definition) is 5. The highest BCUT2D eigenvalue weighted by atomic mass is 16.6. The van der Waals surface area contributed by atoms with Crippen LogP contribution in [-0.2, 0) is 4.79 Å². The Morgan fingerprint density at radius 2 is 1.75 bits per heavy atom. The Kier molecular flexibility index (Phi) is 5.04. The van der Waals surface area contributed by atoms with Gasteiger partial charge in [-0.2, -0.15) is 5.10 Å². The van der Waals surface area contributed by atoms with E-state index in [4.69, 9.17) is 0 Å². The van der Waals surface area contributed by atoms with Gasteiger partial charge in [0.05, 0.1) is 27.6 Å². The second kappa shape index (κ2) is 7.43. The zero-order chi connectivity index (χ0) is 20.4. The van der Waals surface area contributed by atoms with E-state index in [9.17, 15) is 19.7 Å². The quantitative estimate of drug-likeness (QED) is 0.316. The van der Waals surface area contributed by atoms with Crippen molar-refractivity contribution in [2.45, 2.75) is 20.8 Å². The standard InChI is InChI=1S/C20H18N4O4/c1-12-9-10-15(11-17(12)24(27)28)21-20(26)19(25)18-13(2)22-23(14(18)3)16-7-5-4-6-8-16/h4-11H,1-3H3,(H,21,26). The van der Waals surface area contributed by atoms with Crippen LogP contribution in [0.1, 0.15) is 27.3 Å². The first kappa shape index (κ1) is 19.0. The molecule has 1 N–H and O–H groups in total. The Morgan fingerprint density at radius 3 is 2.39 bits per heavy atom. The minimum Gasteiger partial charge on any atom is -0.319 e. The Morgan fingerprint density at radius 1 is 1.07 bits per heavy atom. The van der Waals surface area contributed by atoms with Crippen LogP contribution >= 0.6 is 0 Å². The molecule has 0 aliphatic heterocycles. The van der Waals surface area contributed by atoms with Crippen LogP contribution in [0.25, 0.3) is 5.69 Å². The summed E-state index contributed by atoms with van der Waals surface area (Å²) in [5.74, 6) is -1.63. The van der Waals surface area contributed by atoms with Crippen LogP contribution in [0.5, 0.6) is 0 Å². The summed E-state index contributed by atoms with van der Waals surface area (Å²) in [6, 6.07) is 13.5. The largest absolute Gasteiger partial charge is 0.319 e. The summed E-state index contributed by atoms with van der Waals surface area (Å²) in [5.41, 5.74) is 2.47. The van der Waals surface area contributed by atoms with Crippen LogP contribution in [0.15, 0.2) is 48.5 Å². The highest BCUT2D eigenvalue weighted by molar-refractivity contribution is 6.47. The number of amides is 1. The van der Waals surface area contributed by atoms with Gasteiger partial charge < -0.3 is 5.32 Å². The van der Waals surface area contributed by atoms with E-state index in [2.05, 4.69) is 10.4 Å². The van der Waals surface area contributed by atoms with Gasteiger partial charge in [0, 0.05) is 17.3 Å². The lowest BCUT2D eigenvalue weighted by Gasteiger charge is -2.07. The van der Waals surface area contributed by atoms with Crippen LogP contribution in [0.4, 0.5) is 11.4 Å². The van der Waals surface area contributed by atoms with Gasteiger partial charge in [0.25, 0.3) is 17.4 Å². The van der Waals surface area contributed by atoms with Gasteiger partial charge in [-0.05, 0) is 39.0 Å². The summed E-state index contributed by atoms with van der Waals surface area (Å²) in [6.07, 6.45) is 0. The minimum atomic E-state index is -0.878. The third-order valence-electron chi connectivity index (χ3n) is 4.39. The number of benzene rings is 2. The average Bonchev–Trinajstić information content (AvgIpc) is 2.97. The van der Waals surface area contributed by atoms with E-state index in [-0.39, 0.29) is 16.9 Å². The molecule has 0 atom stereocenters. The number of aromatic nitrogens is 2. The van der Waals surface area contributed by atoms with E-state index in [0.29, 0.717) is 17.0 Å². The lowest BCUT2D eigenvalue weighted by Crippen LogP contribution is -2.24. The van der Waals surface area contributed by atoms with E-state index in [1.165, 1.54) is 18.2 Å². The minimum absolute atomic E-state index is 0.130. The maximum atomic E-state index is 12.7. The molecule has 8 heteroatoms. The zero-order valence-electron chi connectivity index (χ0n) is 15.6. The second-order valence-corrected chi connectivity index (χ2v) is 6.33. The molecule has 0 saturated heterocycles. The van der Waals surface area contributed by atoms with Crippen molar-refractivity contribution < 1.29 is 14.5 Å². The summed E-state index contributed by atoms with van der Waals surface area (Å²) in [7, 11) is 0. The number of carbonyl (C=O) groups excluding carboxylic acids is 2. The number of hydrogen-bond donors (Lipinski definition) is 1.